The van der Waals surface area contributed by atoms with Crippen LogP contribution in [0.5, 0.6) is 5.75 Å². The van der Waals surface area contributed by atoms with E-state index in [9.17, 15) is 13.2 Å². The van der Waals surface area contributed by atoms with Gasteiger partial charge >= 0.3 is 6.61 Å². The third-order valence-electron chi connectivity index (χ3n) is 3.60. The second-order valence-corrected chi connectivity index (χ2v) is 5.49. The van der Waals surface area contributed by atoms with Crippen LogP contribution in [0.1, 0.15) is 11.1 Å². The van der Waals surface area contributed by atoms with Crippen molar-refractivity contribution in [3.05, 3.63) is 65.5 Å². The van der Waals surface area contributed by atoms with Crippen LogP contribution in [-0.2, 0) is 17.9 Å². The van der Waals surface area contributed by atoms with Crippen LogP contribution in [0.2, 0.25) is 0 Å². The van der Waals surface area contributed by atoms with Crippen LogP contribution in [0.4, 0.5) is 13.2 Å². The first-order valence-electron chi connectivity index (χ1n) is 8.38. The highest BCUT2D eigenvalue weighted by Gasteiger charge is 2.14. The van der Waals surface area contributed by atoms with E-state index in [1.807, 2.05) is 30.3 Å². The molecule has 0 aliphatic carbocycles. The molecule has 0 aliphatic heterocycles. The quantitative estimate of drug-likeness (QED) is 0.398. The summed E-state index contributed by atoms with van der Waals surface area (Å²) in [5.74, 6) is -0.453. The monoisotopic (exact) mass is 381 g/mol. The van der Waals surface area contributed by atoms with E-state index < -0.39 is 12.4 Å². The Kier molecular flexibility index (Phi) is 8.44. The molecule has 27 heavy (non-hydrogen) atoms. The van der Waals surface area contributed by atoms with Crippen molar-refractivity contribution < 1.29 is 22.6 Å². The zero-order valence-corrected chi connectivity index (χ0v) is 14.9. The maximum atomic E-state index is 13.9. The van der Waals surface area contributed by atoms with E-state index in [-0.39, 0.29) is 17.9 Å². The zero-order valence-electron chi connectivity index (χ0n) is 14.9. The number of hydrogen-bond donors (Lipinski definition) is 2. The van der Waals surface area contributed by atoms with E-state index in [0.29, 0.717) is 25.7 Å². The highest BCUT2D eigenvalue weighted by atomic mass is 19.3. The Labute approximate surface area is 156 Å². The van der Waals surface area contributed by atoms with Gasteiger partial charge in [-0.15, -0.1) is 0 Å². The molecule has 5 nitrogen and oxygen atoms in total. The summed E-state index contributed by atoms with van der Waals surface area (Å²) in [4.78, 5) is 4.01. The maximum absolute atomic E-state index is 13.9. The molecule has 2 N–H and O–H groups in total. The number of nitrogens with zero attached hydrogens (tertiary/aromatic N) is 1. The van der Waals surface area contributed by atoms with Gasteiger partial charge in [0.1, 0.15) is 11.6 Å². The van der Waals surface area contributed by atoms with Crippen LogP contribution in [0.15, 0.2) is 53.5 Å². The average molecular weight is 381 g/mol. The van der Waals surface area contributed by atoms with Gasteiger partial charge in [0.2, 0.25) is 0 Å². The molecule has 2 aromatic rings. The number of guanidine groups is 1. The number of nitrogens with one attached hydrogen (secondary N) is 2. The first-order chi connectivity index (χ1) is 13.1. The predicted octanol–water partition coefficient (Wildman–Crippen LogP) is 3.31. The minimum atomic E-state index is -3.02. The fourth-order valence-electron chi connectivity index (χ4n) is 2.32. The summed E-state index contributed by atoms with van der Waals surface area (Å²) < 4.78 is 48.7. The molecule has 8 heteroatoms. The largest absolute Gasteiger partial charge is 0.434 e. The normalized spacial score (nSPS) is 11.5. The fourth-order valence-corrected chi connectivity index (χ4v) is 2.32. The van der Waals surface area contributed by atoms with Gasteiger partial charge in [0.25, 0.3) is 0 Å². The second-order valence-electron chi connectivity index (χ2n) is 5.49. The number of aliphatic imine (C=N–C) groups is 1. The van der Waals surface area contributed by atoms with Gasteiger partial charge in [-0.1, -0.05) is 36.4 Å². The molecular weight excluding hydrogens is 359 g/mol. The number of halogens is 3. The first-order valence-corrected chi connectivity index (χ1v) is 8.38. The van der Waals surface area contributed by atoms with Gasteiger partial charge in [0.05, 0.1) is 13.2 Å². The summed E-state index contributed by atoms with van der Waals surface area (Å²) >= 11 is 0. The Bertz CT molecular complexity index is 727. The van der Waals surface area contributed by atoms with Gasteiger partial charge in [0, 0.05) is 25.7 Å². The van der Waals surface area contributed by atoms with Crippen LogP contribution >= 0.6 is 0 Å². The lowest BCUT2D eigenvalue weighted by Gasteiger charge is -2.15. The molecule has 0 saturated heterocycles. The standard InChI is InChI=1S/C19H22F3N3O2/c1-23-19(24-10-11-26-13-14-6-3-2-4-7-14)25-12-15-16(20)8-5-9-17(15)27-18(21)22/h2-9,18H,10-13H2,1H3,(H2,23,24,25). The molecule has 2 aromatic carbocycles. The topological polar surface area (TPSA) is 54.9 Å². The molecule has 2 rings (SSSR count). The Balaban J connectivity index is 1.77. The van der Waals surface area contributed by atoms with Crippen molar-refractivity contribution in [2.45, 2.75) is 19.8 Å². The molecule has 0 heterocycles. The molecular formula is C19H22F3N3O2. The average Bonchev–Trinajstić information content (AvgIpc) is 2.66. The molecule has 0 aliphatic rings. The van der Waals surface area contributed by atoms with Crippen molar-refractivity contribution in [2.75, 3.05) is 20.2 Å². The smallest absolute Gasteiger partial charge is 0.387 e. The van der Waals surface area contributed by atoms with Gasteiger partial charge in [-0.05, 0) is 17.7 Å². The Morgan fingerprint density at radius 1 is 1.07 bits per heavy atom. The molecule has 0 atom stereocenters. The van der Waals surface area contributed by atoms with Crippen molar-refractivity contribution in [3.8, 4) is 5.75 Å². The van der Waals surface area contributed by atoms with Crippen molar-refractivity contribution in [1.29, 1.82) is 0 Å². The van der Waals surface area contributed by atoms with Crippen molar-refractivity contribution >= 4 is 5.96 Å². The van der Waals surface area contributed by atoms with Crippen LogP contribution in [0.3, 0.4) is 0 Å². The minimum Gasteiger partial charge on any atom is -0.434 e. The molecule has 0 amide bonds. The summed E-state index contributed by atoms with van der Waals surface area (Å²) in [6, 6.07) is 13.6. The van der Waals surface area contributed by atoms with E-state index in [1.165, 1.54) is 18.2 Å². The van der Waals surface area contributed by atoms with Gasteiger partial charge in [-0.3, -0.25) is 4.99 Å². The molecule has 0 saturated carbocycles. The summed E-state index contributed by atoms with van der Waals surface area (Å²) in [6.07, 6.45) is 0. The van der Waals surface area contributed by atoms with Crippen molar-refractivity contribution in [3.63, 3.8) is 0 Å². The van der Waals surface area contributed by atoms with E-state index in [4.69, 9.17) is 4.74 Å². The SMILES string of the molecule is CN=C(NCCOCc1ccccc1)NCc1c(F)cccc1OC(F)F. The number of hydrogen-bond acceptors (Lipinski definition) is 3. The van der Waals surface area contributed by atoms with Crippen molar-refractivity contribution in [1.82, 2.24) is 10.6 Å². The van der Waals surface area contributed by atoms with E-state index >= 15 is 0 Å². The summed E-state index contributed by atoms with van der Waals surface area (Å²) in [5.41, 5.74) is 1.08. The molecule has 0 bridgehead atoms. The van der Waals surface area contributed by atoms with E-state index in [0.717, 1.165) is 5.56 Å². The van der Waals surface area contributed by atoms with Crippen molar-refractivity contribution in [2.24, 2.45) is 4.99 Å². The highest BCUT2D eigenvalue weighted by Crippen LogP contribution is 2.23. The number of rotatable bonds is 9. The molecule has 0 aromatic heterocycles. The summed E-state index contributed by atoms with van der Waals surface area (Å²) in [7, 11) is 1.55. The molecule has 0 spiro atoms. The Morgan fingerprint density at radius 2 is 1.85 bits per heavy atom. The van der Waals surface area contributed by atoms with Crippen LogP contribution < -0.4 is 15.4 Å². The lowest BCUT2D eigenvalue weighted by Crippen LogP contribution is -2.38. The van der Waals surface area contributed by atoms with Gasteiger partial charge in [-0.25, -0.2) is 4.39 Å². The molecule has 0 fully saturated rings. The van der Waals surface area contributed by atoms with Crippen LogP contribution in [-0.4, -0.2) is 32.8 Å². The summed E-state index contributed by atoms with van der Waals surface area (Å²) in [5, 5.41) is 5.88. The number of benzene rings is 2. The third kappa shape index (κ3) is 7.18. The minimum absolute atomic E-state index is 0.000998. The van der Waals surface area contributed by atoms with Gasteiger partial charge < -0.3 is 20.1 Å². The van der Waals surface area contributed by atoms with Gasteiger partial charge in [-0.2, -0.15) is 8.78 Å². The molecule has 0 unspecified atom stereocenters. The Hall–Kier alpha value is -2.74. The maximum Gasteiger partial charge on any atom is 0.387 e. The predicted molar refractivity (Wildman–Crippen MR) is 97.3 cm³/mol. The number of ether oxygens (including phenoxy) is 2. The van der Waals surface area contributed by atoms with Crippen LogP contribution in [0.25, 0.3) is 0 Å². The summed E-state index contributed by atoms with van der Waals surface area (Å²) in [6.45, 7) is -1.67. The van der Waals surface area contributed by atoms with E-state index in [2.05, 4.69) is 20.4 Å². The third-order valence-corrected chi connectivity index (χ3v) is 3.60. The lowest BCUT2D eigenvalue weighted by atomic mass is 10.2. The fraction of sp³-hybridized carbons (Fsp3) is 0.316. The first kappa shape index (κ1) is 20.6. The molecule has 0 radical (unpaired) electrons. The highest BCUT2D eigenvalue weighted by molar-refractivity contribution is 5.79. The second kappa shape index (κ2) is 11.1. The lowest BCUT2D eigenvalue weighted by molar-refractivity contribution is -0.0506. The van der Waals surface area contributed by atoms with Gasteiger partial charge in [0.15, 0.2) is 5.96 Å². The van der Waals surface area contributed by atoms with Crippen LogP contribution in [0, 0.1) is 5.82 Å². The molecule has 146 valence electrons. The number of alkyl halides is 2. The Morgan fingerprint density at radius 3 is 2.56 bits per heavy atom. The zero-order chi connectivity index (χ0) is 19.5. The van der Waals surface area contributed by atoms with E-state index in [1.54, 1.807) is 7.05 Å².